The molecule has 0 aliphatic carbocycles. The fourth-order valence-electron chi connectivity index (χ4n) is 1.87. The van der Waals surface area contributed by atoms with E-state index in [0.717, 1.165) is 16.7 Å². The molecule has 5 nitrogen and oxygen atoms in total. The molecule has 0 spiro atoms. The quantitative estimate of drug-likeness (QED) is 0.839. The van der Waals surface area contributed by atoms with Crippen LogP contribution in [0, 0.1) is 13.8 Å². The zero-order chi connectivity index (χ0) is 13.3. The summed E-state index contributed by atoms with van der Waals surface area (Å²) in [5, 5.41) is 3.95. The number of rotatable bonds is 3. The van der Waals surface area contributed by atoms with Crippen LogP contribution in [-0.2, 0) is 6.54 Å². The molecule has 2 rings (SSSR count). The van der Waals surface area contributed by atoms with Gasteiger partial charge in [0.25, 0.3) is 5.89 Å². The van der Waals surface area contributed by atoms with Gasteiger partial charge in [0.15, 0.2) is 5.82 Å². The van der Waals surface area contributed by atoms with Gasteiger partial charge >= 0.3 is 0 Å². The lowest BCUT2D eigenvalue weighted by Gasteiger charge is -2.06. The van der Waals surface area contributed by atoms with Crippen molar-refractivity contribution in [3.8, 4) is 11.5 Å². The number of anilines is 1. The fraction of sp³-hybridized carbons (Fsp3) is 0.385. The van der Waals surface area contributed by atoms with E-state index in [4.69, 9.17) is 10.3 Å². The maximum Gasteiger partial charge on any atom is 0.260 e. The second kappa shape index (κ2) is 4.78. The van der Waals surface area contributed by atoms with Gasteiger partial charge in [0, 0.05) is 5.69 Å². The summed E-state index contributed by atoms with van der Waals surface area (Å²) < 4.78 is 5.27. The number of aromatic nitrogens is 2. The molecular formula is C13H18N4O. The summed E-state index contributed by atoms with van der Waals surface area (Å²) in [5.41, 5.74) is 9.72. The van der Waals surface area contributed by atoms with Crippen LogP contribution in [0.2, 0.25) is 0 Å². The average Bonchev–Trinajstić information content (AvgIpc) is 2.70. The normalized spacial score (nSPS) is 11.2. The SMILES string of the molecule is Cc1cc(C)c(N)c(-c2nc(CN(C)C)no2)c1. The Bertz CT molecular complexity index is 560. The van der Waals surface area contributed by atoms with Crippen molar-refractivity contribution < 1.29 is 4.52 Å². The predicted octanol–water partition coefficient (Wildman–Crippen LogP) is 2.00. The summed E-state index contributed by atoms with van der Waals surface area (Å²) >= 11 is 0. The third kappa shape index (κ3) is 2.51. The van der Waals surface area contributed by atoms with E-state index < -0.39 is 0 Å². The van der Waals surface area contributed by atoms with Crippen LogP contribution in [0.1, 0.15) is 17.0 Å². The summed E-state index contributed by atoms with van der Waals surface area (Å²) in [6.45, 7) is 4.64. The van der Waals surface area contributed by atoms with Gasteiger partial charge in [-0.3, -0.25) is 0 Å². The molecule has 1 aromatic heterocycles. The van der Waals surface area contributed by atoms with Gasteiger partial charge in [-0.2, -0.15) is 4.98 Å². The van der Waals surface area contributed by atoms with Crippen molar-refractivity contribution in [1.29, 1.82) is 0 Å². The van der Waals surface area contributed by atoms with E-state index >= 15 is 0 Å². The predicted molar refractivity (Wildman–Crippen MR) is 71.0 cm³/mol. The number of nitrogens with two attached hydrogens (primary N) is 1. The lowest BCUT2D eigenvalue weighted by atomic mass is 10.0. The molecular weight excluding hydrogens is 228 g/mol. The smallest absolute Gasteiger partial charge is 0.260 e. The standard InChI is InChI=1S/C13H18N4O/c1-8-5-9(2)12(14)10(6-8)13-15-11(16-18-13)7-17(3)4/h5-6H,7,14H2,1-4H3. The first kappa shape index (κ1) is 12.6. The first-order valence-electron chi connectivity index (χ1n) is 5.82. The Balaban J connectivity index is 2.40. The first-order chi connectivity index (χ1) is 8.47. The summed E-state index contributed by atoms with van der Waals surface area (Å²) in [6, 6.07) is 4.01. The highest BCUT2D eigenvalue weighted by molar-refractivity contribution is 5.74. The van der Waals surface area contributed by atoms with Gasteiger partial charge in [0.05, 0.1) is 12.1 Å². The van der Waals surface area contributed by atoms with Crippen molar-refractivity contribution >= 4 is 5.69 Å². The van der Waals surface area contributed by atoms with Crippen molar-refractivity contribution in [1.82, 2.24) is 15.0 Å². The van der Waals surface area contributed by atoms with Crippen LogP contribution >= 0.6 is 0 Å². The number of hydrogen-bond donors (Lipinski definition) is 1. The molecule has 0 fully saturated rings. The summed E-state index contributed by atoms with van der Waals surface area (Å²) in [5.74, 6) is 1.14. The Morgan fingerprint density at radius 1 is 1.28 bits per heavy atom. The van der Waals surface area contributed by atoms with E-state index in [-0.39, 0.29) is 0 Å². The highest BCUT2D eigenvalue weighted by Crippen LogP contribution is 2.28. The molecule has 0 bridgehead atoms. The molecule has 2 aromatic rings. The molecule has 18 heavy (non-hydrogen) atoms. The zero-order valence-electron chi connectivity index (χ0n) is 11.2. The summed E-state index contributed by atoms with van der Waals surface area (Å²) in [7, 11) is 3.92. The highest BCUT2D eigenvalue weighted by Gasteiger charge is 2.14. The summed E-state index contributed by atoms with van der Waals surface area (Å²) in [6.07, 6.45) is 0. The van der Waals surface area contributed by atoms with Crippen LogP contribution in [0.5, 0.6) is 0 Å². The first-order valence-corrected chi connectivity index (χ1v) is 5.82. The van der Waals surface area contributed by atoms with E-state index in [2.05, 4.69) is 10.1 Å². The average molecular weight is 246 g/mol. The van der Waals surface area contributed by atoms with Crippen LogP contribution < -0.4 is 5.73 Å². The van der Waals surface area contributed by atoms with Gasteiger partial charge in [-0.25, -0.2) is 0 Å². The lowest BCUT2D eigenvalue weighted by molar-refractivity contribution is 0.365. The maximum absolute atomic E-state index is 6.06. The minimum absolute atomic E-state index is 0.483. The van der Waals surface area contributed by atoms with E-state index in [1.165, 1.54) is 0 Å². The zero-order valence-corrected chi connectivity index (χ0v) is 11.2. The Kier molecular flexibility index (Phi) is 3.34. The minimum Gasteiger partial charge on any atom is -0.398 e. The highest BCUT2D eigenvalue weighted by atomic mass is 16.5. The van der Waals surface area contributed by atoms with Crippen molar-refractivity contribution in [3.05, 3.63) is 29.1 Å². The Labute approximate surface area is 107 Å². The second-order valence-corrected chi connectivity index (χ2v) is 4.80. The fourth-order valence-corrected chi connectivity index (χ4v) is 1.87. The number of benzene rings is 1. The van der Waals surface area contributed by atoms with Gasteiger partial charge in [0.1, 0.15) is 0 Å². The van der Waals surface area contributed by atoms with E-state index in [9.17, 15) is 0 Å². The largest absolute Gasteiger partial charge is 0.398 e. The van der Waals surface area contributed by atoms with Gasteiger partial charge < -0.3 is 15.2 Å². The van der Waals surface area contributed by atoms with Gasteiger partial charge in [0.2, 0.25) is 0 Å². The molecule has 0 saturated carbocycles. The van der Waals surface area contributed by atoms with Crippen LogP contribution in [0.15, 0.2) is 16.7 Å². The molecule has 0 atom stereocenters. The van der Waals surface area contributed by atoms with Crippen LogP contribution in [-0.4, -0.2) is 29.1 Å². The number of nitrogens with zero attached hydrogens (tertiary/aromatic N) is 3. The minimum atomic E-state index is 0.483. The Morgan fingerprint density at radius 2 is 2.00 bits per heavy atom. The second-order valence-electron chi connectivity index (χ2n) is 4.80. The number of nitrogen functional groups attached to an aromatic ring is 1. The maximum atomic E-state index is 6.06. The molecule has 0 unspecified atom stereocenters. The van der Waals surface area contributed by atoms with E-state index in [1.54, 1.807) is 0 Å². The van der Waals surface area contributed by atoms with E-state index in [0.29, 0.717) is 23.9 Å². The molecule has 1 aromatic carbocycles. The molecule has 0 aliphatic heterocycles. The van der Waals surface area contributed by atoms with Crippen molar-refractivity contribution in [3.63, 3.8) is 0 Å². The van der Waals surface area contributed by atoms with Crippen molar-refractivity contribution in [2.75, 3.05) is 19.8 Å². The summed E-state index contributed by atoms with van der Waals surface area (Å²) in [4.78, 5) is 6.35. The van der Waals surface area contributed by atoms with Crippen LogP contribution in [0.3, 0.4) is 0 Å². The number of hydrogen-bond acceptors (Lipinski definition) is 5. The van der Waals surface area contributed by atoms with Gasteiger partial charge in [-0.1, -0.05) is 11.2 Å². The van der Waals surface area contributed by atoms with E-state index in [1.807, 2.05) is 45.0 Å². The van der Waals surface area contributed by atoms with Crippen molar-refractivity contribution in [2.24, 2.45) is 0 Å². The molecule has 96 valence electrons. The van der Waals surface area contributed by atoms with Crippen molar-refractivity contribution in [2.45, 2.75) is 20.4 Å². The molecule has 0 amide bonds. The van der Waals surface area contributed by atoms with Crippen LogP contribution in [0.4, 0.5) is 5.69 Å². The topological polar surface area (TPSA) is 68.2 Å². The molecule has 5 heteroatoms. The molecule has 1 heterocycles. The number of aryl methyl sites for hydroxylation is 2. The van der Waals surface area contributed by atoms with Gasteiger partial charge in [-0.05, 0) is 45.1 Å². The molecule has 0 radical (unpaired) electrons. The van der Waals surface area contributed by atoms with Gasteiger partial charge in [-0.15, -0.1) is 0 Å². The van der Waals surface area contributed by atoms with Crippen LogP contribution in [0.25, 0.3) is 11.5 Å². The molecule has 0 saturated heterocycles. The third-order valence-electron chi connectivity index (χ3n) is 2.69. The third-order valence-corrected chi connectivity index (χ3v) is 2.69. The lowest BCUT2D eigenvalue weighted by Crippen LogP contribution is -2.11. The molecule has 2 N–H and O–H groups in total. The Hall–Kier alpha value is -1.88. The molecule has 0 aliphatic rings. The monoisotopic (exact) mass is 246 g/mol. The Morgan fingerprint density at radius 3 is 2.67 bits per heavy atom.